The van der Waals surface area contributed by atoms with Crippen LogP contribution in [-0.4, -0.2) is 5.88 Å². The lowest BCUT2D eigenvalue weighted by Crippen LogP contribution is -2.11. The first-order valence-electron chi connectivity index (χ1n) is 6.33. The molecular weight excluding hydrogens is 406 g/mol. The van der Waals surface area contributed by atoms with Crippen LogP contribution >= 0.6 is 43.5 Å². The molecule has 0 N–H and O–H groups in total. The molecule has 106 valence electrons. The highest BCUT2D eigenvalue weighted by atomic mass is 79.9. The fourth-order valence-corrected chi connectivity index (χ4v) is 3.04. The molecule has 1 atom stereocenters. The molecule has 0 nitrogen and oxygen atoms in total. The molecule has 0 spiro atoms. The van der Waals surface area contributed by atoms with Crippen molar-refractivity contribution in [1.82, 2.24) is 0 Å². The van der Waals surface area contributed by atoms with Gasteiger partial charge in [-0.05, 0) is 60.2 Å². The summed E-state index contributed by atoms with van der Waals surface area (Å²) in [6.07, 6.45) is 1.49. The fourth-order valence-electron chi connectivity index (χ4n) is 2.15. The molecule has 2 rings (SSSR count). The molecule has 0 saturated carbocycles. The summed E-state index contributed by atoms with van der Waals surface area (Å²) in [5.41, 5.74) is 1.93. The summed E-state index contributed by atoms with van der Waals surface area (Å²) < 4.78 is 15.7. The van der Waals surface area contributed by atoms with Gasteiger partial charge in [0.1, 0.15) is 5.82 Å². The zero-order valence-electron chi connectivity index (χ0n) is 10.8. The minimum Gasteiger partial charge on any atom is -0.207 e. The van der Waals surface area contributed by atoms with Crippen molar-refractivity contribution in [3.63, 3.8) is 0 Å². The summed E-state index contributed by atoms with van der Waals surface area (Å²) in [4.78, 5) is 0. The van der Waals surface area contributed by atoms with Gasteiger partial charge >= 0.3 is 0 Å². The third-order valence-corrected chi connectivity index (χ3v) is 4.63. The highest BCUT2D eigenvalue weighted by molar-refractivity contribution is 9.10. The van der Waals surface area contributed by atoms with Crippen molar-refractivity contribution in [2.45, 2.75) is 12.8 Å². The quantitative estimate of drug-likeness (QED) is 0.521. The SMILES string of the molecule is Fc1ccc(Br)cc1CC(CCl)Cc1ccc(Br)cc1. The van der Waals surface area contributed by atoms with Crippen molar-refractivity contribution in [3.05, 3.63) is 68.4 Å². The zero-order chi connectivity index (χ0) is 14.5. The molecule has 0 fully saturated rings. The lowest BCUT2D eigenvalue weighted by Gasteiger charge is -2.15. The van der Waals surface area contributed by atoms with Gasteiger partial charge in [-0.25, -0.2) is 4.39 Å². The lowest BCUT2D eigenvalue weighted by atomic mass is 9.94. The average molecular weight is 421 g/mol. The van der Waals surface area contributed by atoms with E-state index in [1.165, 1.54) is 11.6 Å². The van der Waals surface area contributed by atoms with E-state index in [2.05, 4.69) is 44.0 Å². The monoisotopic (exact) mass is 418 g/mol. The first kappa shape index (κ1) is 16.0. The van der Waals surface area contributed by atoms with E-state index >= 15 is 0 Å². The van der Waals surface area contributed by atoms with E-state index in [1.54, 1.807) is 6.07 Å². The Morgan fingerprint density at radius 3 is 2.25 bits per heavy atom. The fraction of sp³-hybridized carbons (Fsp3) is 0.250. The summed E-state index contributed by atoms with van der Waals surface area (Å²) in [6, 6.07) is 13.2. The highest BCUT2D eigenvalue weighted by Crippen LogP contribution is 2.22. The topological polar surface area (TPSA) is 0 Å². The second-order valence-electron chi connectivity index (χ2n) is 4.79. The Bertz CT molecular complexity index is 569. The molecule has 0 heterocycles. The van der Waals surface area contributed by atoms with Crippen LogP contribution in [0.25, 0.3) is 0 Å². The van der Waals surface area contributed by atoms with E-state index in [-0.39, 0.29) is 11.7 Å². The van der Waals surface area contributed by atoms with Gasteiger partial charge in [0.25, 0.3) is 0 Å². The van der Waals surface area contributed by atoms with Gasteiger partial charge in [0.2, 0.25) is 0 Å². The maximum Gasteiger partial charge on any atom is 0.126 e. The molecule has 0 aromatic heterocycles. The Morgan fingerprint density at radius 2 is 1.60 bits per heavy atom. The molecule has 0 aliphatic carbocycles. The Labute approximate surface area is 140 Å². The molecule has 0 amide bonds. The van der Waals surface area contributed by atoms with Gasteiger partial charge < -0.3 is 0 Å². The Hall–Kier alpha value is -0.380. The lowest BCUT2D eigenvalue weighted by molar-refractivity contribution is 0.546. The summed E-state index contributed by atoms with van der Waals surface area (Å²) in [5, 5.41) is 0. The van der Waals surface area contributed by atoms with Gasteiger partial charge in [0.05, 0.1) is 0 Å². The smallest absolute Gasteiger partial charge is 0.126 e. The predicted molar refractivity (Wildman–Crippen MR) is 89.9 cm³/mol. The zero-order valence-corrected chi connectivity index (χ0v) is 14.7. The molecule has 2 aromatic rings. The molecule has 0 aliphatic heterocycles. The summed E-state index contributed by atoms with van der Waals surface area (Å²) in [7, 11) is 0. The van der Waals surface area contributed by atoms with Gasteiger partial charge in [-0.15, -0.1) is 11.6 Å². The van der Waals surface area contributed by atoms with Crippen molar-refractivity contribution < 1.29 is 4.39 Å². The summed E-state index contributed by atoms with van der Waals surface area (Å²) in [6.45, 7) is 0. The molecular formula is C16H14Br2ClF. The van der Waals surface area contributed by atoms with E-state index in [1.807, 2.05) is 18.2 Å². The Balaban J connectivity index is 2.08. The van der Waals surface area contributed by atoms with Crippen molar-refractivity contribution in [3.8, 4) is 0 Å². The first-order valence-corrected chi connectivity index (χ1v) is 8.45. The van der Waals surface area contributed by atoms with E-state index in [0.717, 1.165) is 15.4 Å². The van der Waals surface area contributed by atoms with Gasteiger partial charge in [-0.3, -0.25) is 0 Å². The normalized spacial score (nSPS) is 12.4. The van der Waals surface area contributed by atoms with E-state index in [9.17, 15) is 4.39 Å². The molecule has 2 aromatic carbocycles. The molecule has 20 heavy (non-hydrogen) atoms. The first-order chi connectivity index (χ1) is 9.58. The Morgan fingerprint density at radius 1 is 0.950 bits per heavy atom. The average Bonchev–Trinajstić information content (AvgIpc) is 2.44. The molecule has 1 unspecified atom stereocenters. The van der Waals surface area contributed by atoms with Crippen LogP contribution in [0.15, 0.2) is 51.4 Å². The number of halogens is 4. The van der Waals surface area contributed by atoms with Gasteiger partial charge in [0.15, 0.2) is 0 Å². The van der Waals surface area contributed by atoms with Crippen molar-refractivity contribution >= 4 is 43.5 Å². The number of hydrogen-bond donors (Lipinski definition) is 0. The predicted octanol–water partition coefficient (Wildman–Crippen LogP) is 5.99. The van der Waals surface area contributed by atoms with Crippen molar-refractivity contribution in [2.75, 3.05) is 5.88 Å². The van der Waals surface area contributed by atoms with E-state index in [4.69, 9.17) is 11.6 Å². The molecule has 0 saturated heterocycles. The van der Waals surface area contributed by atoms with Crippen LogP contribution in [0.5, 0.6) is 0 Å². The molecule has 0 bridgehead atoms. The van der Waals surface area contributed by atoms with Gasteiger partial charge in [-0.2, -0.15) is 0 Å². The minimum absolute atomic E-state index is 0.167. The number of benzene rings is 2. The number of rotatable bonds is 5. The van der Waals surface area contributed by atoms with Gasteiger partial charge in [-0.1, -0.05) is 44.0 Å². The van der Waals surface area contributed by atoms with Crippen LogP contribution in [0.1, 0.15) is 11.1 Å². The third-order valence-electron chi connectivity index (χ3n) is 3.17. The second kappa shape index (κ2) is 7.58. The van der Waals surface area contributed by atoms with Crippen LogP contribution in [0.2, 0.25) is 0 Å². The minimum atomic E-state index is -0.167. The maximum atomic E-state index is 13.8. The van der Waals surface area contributed by atoms with Crippen molar-refractivity contribution in [2.24, 2.45) is 5.92 Å². The molecule has 0 radical (unpaired) electrons. The summed E-state index contributed by atoms with van der Waals surface area (Å²) >= 11 is 12.8. The van der Waals surface area contributed by atoms with Crippen LogP contribution in [0.4, 0.5) is 4.39 Å². The standard InChI is InChI=1S/C16H14Br2ClF/c17-14-3-1-11(2-4-14)7-12(10-19)8-13-9-15(18)5-6-16(13)20/h1-6,9,12H,7-8,10H2. The van der Waals surface area contributed by atoms with Gasteiger partial charge in [0, 0.05) is 14.8 Å². The highest BCUT2D eigenvalue weighted by Gasteiger charge is 2.13. The van der Waals surface area contributed by atoms with Crippen LogP contribution in [-0.2, 0) is 12.8 Å². The Kier molecular flexibility index (Phi) is 6.06. The maximum absolute atomic E-state index is 13.8. The van der Waals surface area contributed by atoms with Crippen LogP contribution < -0.4 is 0 Å². The molecule has 0 aliphatic rings. The number of hydrogen-bond acceptors (Lipinski definition) is 0. The number of alkyl halides is 1. The third kappa shape index (κ3) is 4.57. The summed E-state index contributed by atoms with van der Waals surface area (Å²) in [5.74, 6) is 0.572. The largest absolute Gasteiger partial charge is 0.207 e. The van der Waals surface area contributed by atoms with Crippen LogP contribution in [0.3, 0.4) is 0 Å². The van der Waals surface area contributed by atoms with E-state index in [0.29, 0.717) is 17.9 Å². The van der Waals surface area contributed by atoms with Crippen molar-refractivity contribution in [1.29, 1.82) is 0 Å². The molecule has 4 heteroatoms. The van der Waals surface area contributed by atoms with Crippen LogP contribution in [0, 0.1) is 11.7 Å². The van der Waals surface area contributed by atoms with E-state index < -0.39 is 0 Å². The second-order valence-corrected chi connectivity index (χ2v) is 6.93.